The fourth-order valence-electron chi connectivity index (χ4n) is 3.30. The molecule has 1 N–H and O–H groups in total. The minimum absolute atomic E-state index is 0. The highest BCUT2D eigenvalue weighted by Crippen LogP contribution is 2.17. The second-order valence-electron chi connectivity index (χ2n) is 6.52. The van der Waals surface area contributed by atoms with Crippen LogP contribution in [0.2, 0.25) is 0 Å². The van der Waals surface area contributed by atoms with E-state index in [1.54, 1.807) is 0 Å². The summed E-state index contributed by atoms with van der Waals surface area (Å²) in [6.45, 7) is 2.76. The molecule has 2 heterocycles. The van der Waals surface area contributed by atoms with Crippen molar-refractivity contribution in [2.45, 2.75) is 19.4 Å². The zero-order valence-corrected chi connectivity index (χ0v) is 15.7. The Hall–Kier alpha value is -2.18. The number of nitrogens with one attached hydrogen (secondary N) is 1. The molecule has 26 heavy (non-hydrogen) atoms. The minimum atomic E-state index is -0.202. The molecule has 1 aromatic carbocycles. The predicted molar refractivity (Wildman–Crippen MR) is 104 cm³/mol. The minimum Gasteiger partial charge on any atom is -0.337 e. The summed E-state index contributed by atoms with van der Waals surface area (Å²) >= 11 is 0. The first kappa shape index (κ1) is 20.1. The van der Waals surface area contributed by atoms with Crippen molar-refractivity contribution in [2.75, 3.05) is 26.7 Å². The number of nitrogens with zero attached hydrogens (tertiary/aromatic N) is 3. The van der Waals surface area contributed by atoms with Crippen LogP contribution in [0.25, 0.3) is 0 Å². The molecule has 3 rings (SSSR count). The molecule has 140 valence electrons. The Balaban J connectivity index is 0.00000243. The molecule has 2 aromatic rings. The van der Waals surface area contributed by atoms with Crippen LogP contribution in [0.5, 0.6) is 0 Å². The van der Waals surface area contributed by atoms with Crippen LogP contribution in [0, 0.1) is 5.92 Å². The molecular formula is C19H25ClN4O2. The Morgan fingerprint density at radius 1 is 1.23 bits per heavy atom. The molecule has 0 aliphatic carbocycles. The lowest BCUT2D eigenvalue weighted by Gasteiger charge is -2.32. The third kappa shape index (κ3) is 4.93. The summed E-state index contributed by atoms with van der Waals surface area (Å²) in [6, 6.07) is 12.6. The van der Waals surface area contributed by atoms with E-state index in [1.165, 1.54) is 16.8 Å². The van der Waals surface area contributed by atoms with E-state index in [0.717, 1.165) is 38.0 Å². The molecule has 0 saturated carbocycles. The van der Waals surface area contributed by atoms with E-state index >= 15 is 0 Å². The summed E-state index contributed by atoms with van der Waals surface area (Å²) in [5.41, 5.74) is 1.11. The number of halogens is 1. The monoisotopic (exact) mass is 376 g/mol. The van der Waals surface area contributed by atoms with Crippen LogP contribution >= 0.6 is 12.4 Å². The molecule has 1 atom stereocenters. The van der Waals surface area contributed by atoms with Crippen molar-refractivity contribution in [1.29, 1.82) is 0 Å². The summed E-state index contributed by atoms with van der Waals surface area (Å²) in [5, 5.41) is 7.49. The molecule has 1 aliphatic rings. The van der Waals surface area contributed by atoms with Crippen LogP contribution in [-0.4, -0.2) is 47.3 Å². The summed E-state index contributed by atoms with van der Waals surface area (Å²) < 4.78 is 1.36. The largest absolute Gasteiger partial charge is 0.337 e. The number of hydrogen-bond donors (Lipinski definition) is 1. The topological polar surface area (TPSA) is 67.2 Å². The van der Waals surface area contributed by atoms with E-state index in [-0.39, 0.29) is 23.9 Å². The Labute approximate surface area is 159 Å². The average Bonchev–Trinajstić information content (AvgIpc) is 2.64. The molecule has 1 unspecified atom stereocenters. The maximum absolute atomic E-state index is 12.8. The summed E-state index contributed by atoms with van der Waals surface area (Å²) in [5.74, 6) is 0.375. The summed E-state index contributed by atoms with van der Waals surface area (Å²) in [6.07, 6.45) is 2.13. The van der Waals surface area contributed by atoms with Gasteiger partial charge in [-0.1, -0.05) is 30.3 Å². The maximum atomic E-state index is 12.8. The Bertz CT molecular complexity index is 777. The van der Waals surface area contributed by atoms with Crippen LogP contribution in [-0.2, 0) is 6.54 Å². The van der Waals surface area contributed by atoms with Gasteiger partial charge in [-0.25, -0.2) is 4.68 Å². The highest BCUT2D eigenvalue weighted by molar-refractivity contribution is 5.92. The Morgan fingerprint density at radius 3 is 2.73 bits per heavy atom. The maximum Gasteiger partial charge on any atom is 0.274 e. The predicted octanol–water partition coefficient (Wildman–Crippen LogP) is 1.78. The highest BCUT2D eigenvalue weighted by Gasteiger charge is 2.25. The van der Waals surface area contributed by atoms with Gasteiger partial charge in [0.1, 0.15) is 5.69 Å². The van der Waals surface area contributed by atoms with E-state index in [4.69, 9.17) is 0 Å². The third-order valence-corrected chi connectivity index (χ3v) is 4.56. The number of likely N-dealkylation sites (tertiary alicyclic amines) is 1. The zero-order valence-electron chi connectivity index (χ0n) is 14.9. The number of carbonyl (C=O) groups excluding carboxylic acids is 1. The zero-order chi connectivity index (χ0) is 17.6. The van der Waals surface area contributed by atoms with Crippen molar-refractivity contribution < 1.29 is 4.79 Å². The fraction of sp³-hybridized carbons (Fsp3) is 0.421. The first-order valence-electron chi connectivity index (χ1n) is 8.73. The molecule has 7 heteroatoms. The molecule has 1 aromatic heterocycles. The molecule has 1 saturated heterocycles. The number of rotatable bonds is 5. The van der Waals surface area contributed by atoms with Gasteiger partial charge >= 0.3 is 0 Å². The lowest BCUT2D eigenvalue weighted by molar-refractivity contribution is 0.0665. The van der Waals surface area contributed by atoms with Gasteiger partial charge in [-0.2, -0.15) is 5.10 Å². The van der Waals surface area contributed by atoms with Crippen LogP contribution < -0.4 is 10.9 Å². The quantitative estimate of drug-likeness (QED) is 0.863. The van der Waals surface area contributed by atoms with Gasteiger partial charge in [0.2, 0.25) is 0 Å². The molecule has 0 bridgehead atoms. The van der Waals surface area contributed by atoms with Crippen LogP contribution in [0.1, 0.15) is 28.9 Å². The van der Waals surface area contributed by atoms with E-state index in [9.17, 15) is 9.59 Å². The van der Waals surface area contributed by atoms with E-state index < -0.39 is 0 Å². The highest BCUT2D eigenvalue weighted by atomic mass is 35.5. The standard InChI is InChI=1S/C19H24N4O2.ClH/c1-20-12-16-8-5-11-22(13-16)19(25)17-9-10-18(24)23(21-17)14-15-6-3-2-4-7-15;/h2-4,6-7,9-10,16,20H,5,8,11-14H2,1H3;1H. The second-order valence-corrected chi connectivity index (χ2v) is 6.52. The van der Waals surface area contributed by atoms with Gasteiger partial charge in [-0.15, -0.1) is 12.4 Å². The van der Waals surface area contributed by atoms with Crippen LogP contribution in [0.4, 0.5) is 0 Å². The number of aromatic nitrogens is 2. The Kier molecular flexibility index (Phi) is 7.36. The molecule has 0 radical (unpaired) electrons. The normalized spacial score (nSPS) is 16.8. The molecule has 1 fully saturated rings. The van der Waals surface area contributed by atoms with Gasteiger partial charge in [0.25, 0.3) is 11.5 Å². The van der Waals surface area contributed by atoms with Crippen molar-refractivity contribution in [1.82, 2.24) is 20.0 Å². The van der Waals surface area contributed by atoms with Gasteiger partial charge in [0, 0.05) is 19.2 Å². The summed E-state index contributed by atoms with van der Waals surface area (Å²) in [4.78, 5) is 26.7. The van der Waals surface area contributed by atoms with Crippen LogP contribution in [0.15, 0.2) is 47.3 Å². The first-order valence-corrected chi connectivity index (χ1v) is 8.73. The van der Waals surface area contributed by atoms with Gasteiger partial charge in [-0.3, -0.25) is 9.59 Å². The number of piperidine rings is 1. The number of carbonyl (C=O) groups is 1. The smallest absolute Gasteiger partial charge is 0.274 e. The SMILES string of the molecule is CNCC1CCCN(C(=O)c2ccc(=O)n(Cc3ccccc3)n2)C1.Cl. The average molecular weight is 377 g/mol. The fourth-order valence-corrected chi connectivity index (χ4v) is 3.30. The third-order valence-electron chi connectivity index (χ3n) is 4.56. The van der Waals surface area contributed by atoms with Crippen molar-refractivity contribution in [3.05, 3.63) is 64.1 Å². The summed E-state index contributed by atoms with van der Waals surface area (Å²) in [7, 11) is 1.93. The number of amides is 1. The number of benzene rings is 1. The van der Waals surface area contributed by atoms with Gasteiger partial charge in [-0.05, 0) is 44.0 Å². The van der Waals surface area contributed by atoms with Crippen molar-refractivity contribution in [3.63, 3.8) is 0 Å². The molecule has 0 spiro atoms. The van der Waals surface area contributed by atoms with Crippen molar-refractivity contribution >= 4 is 18.3 Å². The van der Waals surface area contributed by atoms with Gasteiger partial charge < -0.3 is 10.2 Å². The van der Waals surface area contributed by atoms with Crippen molar-refractivity contribution in [2.24, 2.45) is 5.92 Å². The van der Waals surface area contributed by atoms with Crippen molar-refractivity contribution in [3.8, 4) is 0 Å². The molecule has 1 aliphatic heterocycles. The van der Waals surface area contributed by atoms with Crippen LogP contribution in [0.3, 0.4) is 0 Å². The Morgan fingerprint density at radius 2 is 2.00 bits per heavy atom. The lowest BCUT2D eigenvalue weighted by atomic mass is 9.98. The molecular weight excluding hydrogens is 352 g/mol. The van der Waals surface area contributed by atoms with E-state index in [0.29, 0.717) is 18.2 Å². The van der Waals surface area contributed by atoms with E-state index in [1.807, 2.05) is 42.3 Å². The van der Waals surface area contributed by atoms with E-state index in [2.05, 4.69) is 10.4 Å². The molecule has 1 amide bonds. The number of hydrogen-bond acceptors (Lipinski definition) is 4. The van der Waals surface area contributed by atoms with Gasteiger partial charge in [0.15, 0.2) is 0 Å². The first-order chi connectivity index (χ1) is 12.2. The second kappa shape index (κ2) is 9.50. The molecule has 6 nitrogen and oxygen atoms in total. The van der Waals surface area contributed by atoms with Gasteiger partial charge in [0.05, 0.1) is 6.54 Å². The lowest BCUT2D eigenvalue weighted by Crippen LogP contribution is -2.43.